The summed E-state index contributed by atoms with van der Waals surface area (Å²) in [6.45, 7) is 1.75. The van der Waals surface area contributed by atoms with Gasteiger partial charge in [0.05, 0.1) is 0 Å². The van der Waals surface area contributed by atoms with Gasteiger partial charge in [0.2, 0.25) is 0 Å². The van der Waals surface area contributed by atoms with Crippen LogP contribution in [0.4, 0.5) is 4.39 Å². The molecule has 5 heteroatoms. The average molecular weight is 286 g/mol. The van der Waals surface area contributed by atoms with Crippen molar-refractivity contribution in [3.8, 4) is 0 Å². The van der Waals surface area contributed by atoms with Crippen LogP contribution in [0.5, 0.6) is 0 Å². The number of benzene rings is 1. The molecular formula is C16H15FN2O2. The Hall–Kier alpha value is -2.43. The van der Waals surface area contributed by atoms with E-state index >= 15 is 0 Å². The molecule has 1 amide bonds. The van der Waals surface area contributed by atoms with E-state index in [0.29, 0.717) is 5.69 Å². The van der Waals surface area contributed by atoms with Crippen molar-refractivity contribution < 1.29 is 9.18 Å². The number of carbonyl (C=O) groups is 1. The smallest absolute Gasteiger partial charge is 0.260 e. The summed E-state index contributed by atoms with van der Waals surface area (Å²) in [5.41, 5.74) is 1.29. The second kappa shape index (κ2) is 5.16. The Morgan fingerprint density at radius 3 is 2.86 bits per heavy atom. The predicted octanol–water partition coefficient (Wildman–Crippen LogP) is 2.11. The Morgan fingerprint density at radius 1 is 1.33 bits per heavy atom. The van der Waals surface area contributed by atoms with Gasteiger partial charge in [-0.05, 0) is 43.2 Å². The molecule has 0 bridgehead atoms. The van der Waals surface area contributed by atoms with E-state index in [1.165, 1.54) is 18.2 Å². The Balaban J connectivity index is 1.69. The maximum atomic E-state index is 13.2. The Morgan fingerprint density at radius 2 is 2.14 bits per heavy atom. The summed E-state index contributed by atoms with van der Waals surface area (Å²) >= 11 is 0. The molecule has 1 aliphatic carbocycles. The molecule has 0 spiro atoms. The minimum Gasteiger partial charge on any atom is -0.348 e. The fraction of sp³-hybridized carbons (Fsp3) is 0.250. The molecule has 1 fully saturated rings. The molecule has 2 N–H and O–H groups in total. The highest BCUT2D eigenvalue weighted by atomic mass is 19.1. The summed E-state index contributed by atoms with van der Waals surface area (Å²) in [7, 11) is 0. The van der Waals surface area contributed by atoms with Crippen LogP contribution in [-0.4, -0.2) is 16.9 Å². The summed E-state index contributed by atoms with van der Waals surface area (Å²) in [5, 5.41) is 2.82. The third-order valence-corrected chi connectivity index (χ3v) is 3.68. The SMILES string of the molecule is Cc1ccc(C(=O)NC2CC2c2cccc(F)c2)c(=O)[nH]1. The number of aromatic nitrogens is 1. The molecule has 1 saturated carbocycles. The highest BCUT2D eigenvalue weighted by Crippen LogP contribution is 2.40. The monoisotopic (exact) mass is 286 g/mol. The van der Waals surface area contributed by atoms with Gasteiger partial charge in [0.15, 0.2) is 0 Å². The molecule has 2 aromatic rings. The molecular weight excluding hydrogens is 271 g/mol. The minimum atomic E-state index is -0.393. The van der Waals surface area contributed by atoms with Crippen molar-refractivity contribution in [2.75, 3.05) is 0 Å². The molecule has 3 rings (SSSR count). The van der Waals surface area contributed by atoms with Crippen molar-refractivity contribution in [3.63, 3.8) is 0 Å². The van der Waals surface area contributed by atoms with Gasteiger partial charge in [-0.3, -0.25) is 9.59 Å². The lowest BCUT2D eigenvalue weighted by Crippen LogP contribution is -2.31. The molecule has 0 saturated heterocycles. The van der Waals surface area contributed by atoms with Gasteiger partial charge >= 0.3 is 0 Å². The van der Waals surface area contributed by atoms with E-state index in [9.17, 15) is 14.0 Å². The fourth-order valence-corrected chi connectivity index (χ4v) is 2.46. The molecule has 108 valence electrons. The quantitative estimate of drug-likeness (QED) is 0.907. The first-order valence-corrected chi connectivity index (χ1v) is 6.81. The van der Waals surface area contributed by atoms with Gasteiger partial charge < -0.3 is 10.3 Å². The van der Waals surface area contributed by atoms with Crippen LogP contribution in [0.25, 0.3) is 0 Å². The largest absolute Gasteiger partial charge is 0.348 e. The van der Waals surface area contributed by atoms with Crippen molar-refractivity contribution in [2.45, 2.75) is 25.3 Å². The highest BCUT2D eigenvalue weighted by molar-refractivity contribution is 5.94. The number of nitrogens with one attached hydrogen (secondary N) is 2. The first-order chi connectivity index (χ1) is 10.0. The van der Waals surface area contributed by atoms with Gasteiger partial charge in [0.25, 0.3) is 11.5 Å². The number of aryl methyl sites for hydroxylation is 1. The number of aromatic amines is 1. The van der Waals surface area contributed by atoms with Gasteiger partial charge in [-0.15, -0.1) is 0 Å². The first-order valence-electron chi connectivity index (χ1n) is 6.81. The maximum Gasteiger partial charge on any atom is 0.260 e. The summed E-state index contributed by atoms with van der Waals surface area (Å²) in [4.78, 5) is 26.4. The maximum absolute atomic E-state index is 13.2. The summed E-state index contributed by atoms with van der Waals surface area (Å²) in [6, 6.07) is 9.54. The van der Waals surface area contributed by atoms with Crippen molar-refractivity contribution >= 4 is 5.91 Å². The number of hydrogen-bond donors (Lipinski definition) is 2. The van der Waals surface area contributed by atoms with Gasteiger partial charge in [0, 0.05) is 17.7 Å². The third-order valence-electron chi connectivity index (χ3n) is 3.68. The van der Waals surface area contributed by atoms with Gasteiger partial charge in [0.1, 0.15) is 11.4 Å². The van der Waals surface area contributed by atoms with E-state index < -0.39 is 5.56 Å². The second-order valence-electron chi connectivity index (χ2n) is 5.36. The van der Waals surface area contributed by atoms with Crippen LogP contribution in [0.3, 0.4) is 0 Å². The lowest BCUT2D eigenvalue weighted by Gasteiger charge is -2.05. The normalized spacial score (nSPS) is 20.1. The zero-order chi connectivity index (χ0) is 15.0. The van der Waals surface area contributed by atoms with E-state index in [-0.39, 0.29) is 29.2 Å². The molecule has 4 nitrogen and oxygen atoms in total. The number of amides is 1. The number of pyridine rings is 1. The molecule has 1 heterocycles. The Labute approximate surface area is 121 Å². The van der Waals surface area contributed by atoms with Crippen LogP contribution in [0.2, 0.25) is 0 Å². The second-order valence-corrected chi connectivity index (χ2v) is 5.36. The standard InChI is InChI=1S/C16H15FN2O2/c1-9-5-6-12(15(20)18-9)16(21)19-14-8-13(14)10-3-2-4-11(17)7-10/h2-7,13-14H,8H2,1H3,(H,18,20)(H,19,21). The lowest BCUT2D eigenvalue weighted by molar-refractivity contribution is 0.0949. The molecule has 1 aliphatic rings. The Bertz CT molecular complexity index is 754. The van der Waals surface area contributed by atoms with Crippen molar-refractivity contribution in [2.24, 2.45) is 0 Å². The number of carbonyl (C=O) groups excluding carboxylic acids is 1. The van der Waals surface area contributed by atoms with E-state index in [1.54, 1.807) is 19.1 Å². The van der Waals surface area contributed by atoms with Crippen molar-refractivity contribution in [3.05, 3.63) is 69.4 Å². The van der Waals surface area contributed by atoms with E-state index in [0.717, 1.165) is 12.0 Å². The van der Waals surface area contributed by atoms with E-state index in [1.807, 2.05) is 6.07 Å². The number of H-pyrrole nitrogens is 1. The van der Waals surface area contributed by atoms with Crippen molar-refractivity contribution in [1.82, 2.24) is 10.3 Å². The molecule has 1 aromatic heterocycles. The fourth-order valence-electron chi connectivity index (χ4n) is 2.46. The Kier molecular flexibility index (Phi) is 3.33. The molecule has 2 unspecified atom stereocenters. The van der Waals surface area contributed by atoms with Crippen LogP contribution in [0.1, 0.15) is 34.0 Å². The van der Waals surface area contributed by atoms with Crippen LogP contribution in [-0.2, 0) is 0 Å². The molecule has 0 radical (unpaired) electrons. The number of halogens is 1. The molecule has 1 aromatic carbocycles. The molecule has 2 atom stereocenters. The van der Waals surface area contributed by atoms with Gasteiger partial charge in [-0.2, -0.15) is 0 Å². The minimum absolute atomic E-state index is 0.0417. The predicted molar refractivity (Wildman–Crippen MR) is 76.8 cm³/mol. The summed E-state index contributed by atoms with van der Waals surface area (Å²) in [5.74, 6) is -0.547. The zero-order valence-corrected chi connectivity index (χ0v) is 11.5. The zero-order valence-electron chi connectivity index (χ0n) is 11.5. The number of rotatable bonds is 3. The number of hydrogen-bond acceptors (Lipinski definition) is 2. The van der Waals surface area contributed by atoms with E-state index in [2.05, 4.69) is 10.3 Å². The molecule has 0 aliphatic heterocycles. The summed E-state index contributed by atoms with van der Waals surface area (Å²) < 4.78 is 13.2. The lowest BCUT2D eigenvalue weighted by atomic mass is 10.1. The van der Waals surface area contributed by atoms with Crippen LogP contribution in [0.15, 0.2) is 41.2 Å². The summed E-state index contributed by atoms with van der Waals surface area (Å²) in [6.07, 6.45) is 0.763. The van der Waals surface area contributed by atoms with Gasteiger partial charge in [-0.1, -0.05) is 12.1 Å². The topological polar surface area (TPSA) is 62.0 Å². The van der Waals surface area contributed by atoms with Crippen molar-refractivity contribution in [1.29, 1.82) is 0 Å². The average Bonchev–Trinajstić information content (AvgIpc) is 3.17. The first kappa shape index (κ1) is 13.5. The van der Waals surface area contributed by atoms with Gasteiger partial charge in [-0.25, -0.2) is 4.39 Å². The van der Waals surface area contributed by atoms with Crippen LogP contribution >= 0.6 is 0 Å². The molecule has 21 heavy (non-hydrogen) atoms. The third kappa shape index (κ3) is 2.86. The van der Waals surface area contributed by atoms with Crippen LogP contribution in [0, 0.1) is 12.7 Å². The van der Waals surface area contributed by atoms with Crippen LogP contribution < -0.4 is 10.9 Å². The van der Waals surface area contributed by atoms with E-state index in [4.69, 9.17) is 0 Å². The highest BCUT2D eigenvalue weighted by Gasteiger charge is 2.39.